The molecule has 2 aromatic rings. The van der Waals surface area contributed by atoms with Crippen LogP contribution in [0.3, 0.4) is 0 Å². The van der Waals surface area contributed by atoms with Crippen molar-refractivity contribution in [3.63, 3.8) is 0 Å². The van der Waals surface area contributed by atoms with E-state index >= 15 is 0 Å². The monoisotopic (exact) mass is 370 g/mol. The summed E-state index contributed by atoms with van der Waals surface area (Å²) in [4.78, 5) is 14.9. The molecule has 1 unspecified atom stereocenters. The maximum atomic E-state index is 13.7. The predicted octanol–water partition coefficient (Wildman–Crippen LogP) is 3.19. The Morgan fingerprint density at radius 3 is 2.93 bits per heavy atom. The summed E-state index contributed by atoms with van der Waals surface area (Å²) in [5.74, 6) is 0.603. The van der Waals surface area contributed by atoms with Gasteiger partial charge in [-0.15, -0.1) is 0 Å². The van der Waals surface area contributed by atoms with E-state index in [1.54, 1.807) is 35.2 Å². The highest BCUT2D eigenvalue weighted by atomic mass is 19.1. The van der Waals surface area contributed by atoms with Crippen LogP contribution >= 0.6 is 0 Å². The summed E-state index contributed by atoms with van der Waals surface area (Å²) in [6.07, 6.45) is 1.64. The molecule has 6 heteroatoms. The lowest BCUT2D eigenvalue weighted by molar-refractivity contribution is 0.0633. The second-order valence-corrected chi connectivity index (χ2v) is 6.24. The zero-order valence-corrected chi connectivity index (χ0v) is 15.3. The first-order valence-electron chi connectivity index (χ1n) is 8.83. The van der Waals surface area contributed by atoms with Crippen LogP contribution in [0.4, 0.5) is 4.39 Å². The van der Waals surface area contributed by atoms with Crippen molar-refractivity contribution < 1.29 is 18.7 Å². The van der Waals surface area contributed by atoms with Crippen molar-refractivity contribution in [2.75, 3.05) is 33.4 Å². The van der Waals surface area contributed by atoms with Gasteiger partial charge in [0.25, 0.3) is 5.91 Å². The zero-order chi connectivity index (χ0) is 19.2. The van der Waals surface area contributed by atoms with Gasteiger partial charge in [-0.2, -0.15) is 0 Å². The number of ether oxygens (including phenoxy) is 2. The van der Waals surface area contributed by atoms with Gasteiger partial charge in [-0.3, -0.25) is 4.79 Å². The fourth-order valence-electron chi connectivity index (χ4n) is 3.19. The standard InChI is InChI=1S/C21H23FN2O3/c1-3-11-27-19-8-7-16(13-20(19)26-2)21(25)24-10-9-23-14-18(24)15-5-4-6-17(22)12-15/h3-8,12-13,18,23H,1,9-11,14H2,2H3. The molecule has 2 aromatic carbocycles. The number of hydrogen-bond acceptors (Lipinski definition) is 4. The largest absolute Gasteiger partial charge is 0.493 e. The van der Waals surface area contributed by atoms with Crippen LogP contribution in [0.5, 0.6) is 11.5 Å². The van der Waals surface area contributed by atoms with Crippen molar-refractivity contribution in [2.45, 2.75) is 6.04 Å². The predicted molar refractivity (Wildman–Crippen MR) is 102 cm³/mol. The number of piperazine rings is 1. The highest BCUT2D eigenvalue weighted by Gasteiger charge is 2.29. The van der Waals surface area contributed by atoms with Gasteiger partial charge in [0.05, 0.1) is 13.2 Å². The molecule has 27 heavy (non-hydrogen) atoms. The minimum Gasteiger partial charge on any atom is -0.493 e. The van der Waals surface area contributed by atoms with Gasteiger partial charge in [-0.05, 0) is 35.9 Å². The summed E-state index contributed by atoms with van der Waals surface area (Å²) in [5.41, 5.74) is 1.27. The average molecular weight is 370 g/mol. The number of carbonyl (C=O) groups excluding carboxylic acids is 1. The number of amides is 1. The molecule has 1 amide bonds. The fourth-order valence-corrected chi connectivity index (χ4v) is 3.19. The van der Waals surface area contributed by atoms with Gasteiger partial charge in [-0.1, -0.05) is 24.8 Å². The molecule has 5 nitrogen and oxygen atoms in total. The molecular weight excluding hydrogens is 347 g/mol. The van der Waals surface area contributed by atoms with Crippen LogP contribution in [0.15, 0.2) is 55.1 Å². The van der Waals surface area contributed by atoms with Crippen molar-refractivity contribution in [3.05, 3.63) is 72.1 Å². The Labute approximate surface area is 158 Å². The lowest BCUT2D eigenvalue weighted by Gasteiger charge is -2.36. The van der Waals surface area contributed by atoms with E-state index in [2.05, 4.69) is 11.9 Å². The van der Waals surface area contributed by atoms with Crippen LogP contribution in [0.2, 0.25) is 0 Å². The molecule has 1 atom stereocenters. The lowest BCUT2D eigenvalue weighted by atomic mass is 10.0. The van der Waals surface area contributed by atoms with Crippen molar-refractivity contribution in [2.24, 2.45) is 0 Å². The van der Waals surface area contributed by atoms with Gasteiger partial charge in [0.15, 0.2) is 11.5 Å². The SMILES string of the molecule is C=CCOc1ccc(C(=O)N2CCNCC2c2cccc(F)c2)cc1OC. The molecule has 1 aliphatic heterocycles. The maximum Gasteiger partial charge on any atom is 0.254 e. The van der Waals surface area contributed by atoms with Gasteiger partial charge in [-0.25, -0.2) is 4.39 Å². The molecule has 1 N–H and O–H groups in total. The molecule has 1 aliphatic rings. The Bertz CT molecular complexity index is 825. The molecule has 0 spiro atoms. The topological polar surface area (TPSA) is 50.8 Å². The van der Waals surface area contributed by atoms with Crippen LogP contribution in [-0.4, -0.2) is 44.2 Å². The summed E-state index contributed by atoms with van der Waals surface area (Å²) in [6, 6.07) is 11.3. The first kappa shape index (κ1) is 18.9. The molecule has 0 aliphatic carbocycles. The van der Waals surface area contributed by atoms with E-state index in [1.165, 1.54) is 19.2 Å². The van der Waals surface area contributed by atoms with Gasteiger partial charge < -0.3 is 19.7 Å². The Hall–Kier alpha value is -2.86. The summed E-state index contributed by atoms with van der Waals surface area (Å²) in [7, 11) is 1.53. The van der Waals surface area contributed by atoms with E-state index in [-0.39, 0.29) is 17.8 Å². The first-order chi connectivity index (χ1) is 13.1. The van der Waals surface area contributed by atoms with Crippen LogP contribution in [0.25, 0.3) is 0 Å². The Morgan fingerprint density at radius 1 is 1.33 bits per heavy atom. The van der Waals surface area contributed by atoms with Crippen LogP contribution in [0.1, 0.15) is 22.0 Å². The van der Waals surface area contributed by atoms with Crippen molar-refractivity contribution in [1.29, 1.82) is 0 Å². The molecule has 1 saturated heterocycles. The number of nitrogens with zero attached hydrogens (tertiary/aromatic N) is 1. The second kappa shape index (κ2) is 8.68. The lowest BCUT2D eigenvalue weighted by Crippen LogP contribution is -2.48. The maximum absolute atomic E-state index is 13.7. The third-order valence-corrected chi connectivity index (χ3v) is 4.50. The quantitative estimate of drug-likeness (QED) is 0.794. The second-order valence-electron chi connectivity index (χ2n) is 6.24. The zero-order valence-electron chi connectivity index (χ0n) is 15.3. The number of nitrogens with one attached hydrogen (secondary N) is 1. The minimum atomic E-state index is -0.309. The summed E-state index contributed by atoms with van der Waals surface area (Å²) in [5, 5.41) is 3.27. The van der Waals surface area contributed by atoms with E-state index in [1.807, 2.05) is 6.07 Å². The summed E-state index contributed by atoms with van der Waals surface area (Å²) >= 11 is 0. The van der Waals surface area contributed by atoms with Crippen LogP contribution < -0.4 is 14.8 Å². The molecule has 0 bridgehead atoms. The number of rotatable bonds is 6. The average Bonchev–Trinajstić information content (AvgIpc) is 2.71. The molecule has 0 aromatic heterocycles. The number of carbonyl (C=O) groups is 1. The number of hydrogen-bond donors (Lipinski definition) is 1. The molecule has 1 heterocycles. The molecule has 1 fully saturated rings. The fraction of sp³-hybridized carbons (Fsp3) is 0.286. The van der Waals surface area contributed by atoms with Crippen molar-refractivity contribution in [1.82, 2.24) is 10.2 Å². The van der Waals surface area contributed by atoms with Gasteiger partial charge >= 0.3 is 0 Å². The van der Waals surface area contributed by atoms with E-state index in [0.29, 0.717) is 43.3 Å². The van der Waals surface area contributed by atoms with Crippen molar-refractivity contribution >= 4 is 5.91 Å². The first-order valence-corrected chi connectivity index (χ1v) is 8.83. The highest BCUT2D eigenvalue weighted by molar-refractivity contribution is 5.95. The van der Waals surface area contributed by atoms with E-state index in [0.717, 1.165) is 5.56 Å². The van der Waals surface area contributed by atoms with Gasteiger partial charge in [0, 0.05) is 25.2 Å². The minimum absolute atomic E-state index is 0.126. The highest BCUT2D eigenvalue weighted by Crippen LogP contribution is 2.30. The molecule has 0 saturated carbocycles. The Morgan fingerprint density at radius 2 is 2.19 bits per heavy atom. The number of methoxy groups -OCH3 is 1. The summed E-state index contributed by atoms with van der Waals surface area (Å²) in [6.45, 7) is 5.78. The van der Waals surface area contributed by atoms with Gasteiger partial charge in [0.2, 0.25) is 0 Å². The molecular formula is C21H23FN2O3. The van der Waals surface area contributed by atoms with Gasteiger partial charge in [0.1, 0.15) is 12.4 Å². The Kier molecular flexibility index (Phi) is 6.08. The molecule has 142 valence electrons. The number of halogens is 1. The third-order valence-electron chi connectivity index (χ3n) is 4.50. The Balaban J connectivity index is 1.87. The normalized spacial score (nSPS) is 16.7. The molecule has 3 rings (SSSR count). The smallest absolute Gasteiger partial charge is 0.254 e. The third kappa shape index (κ3) is 4.28. The summed E-state index contributed by atoms with van der Waals surface area (Å²) < 4.78 is 24.6. The number of benzene rings is 2. The molecule has 0 radical (unpaired) electrons. The van der Waals surface area contributed by atoms with Crippen LogP contribution in [0, 0.1) is 5.82 Å². The van der Waals surface area contributed by atoms with E-state index in [4.69, 9.17) is 9.47 Å². The van der Waals surface area contributed by atoms with E-state index in [9.17, 15) is 9.18 Å². The van der Waals surface area contributed by atoms with E-state index < -0.39 is 0 Å². The van der Waals surface area contributed by atoms with Crippen molar-refractivity contribution in [3.8, 4) is 11.5 Å². The van der Waals surface area contributed by atoms with Crippen LogP contribution in [-0.2, 0) is 0 Å².